The summed E-state index contributed by atoms with van der Waals surface area (Å²) in [5.41, 5.74) is 0.513. The van der Waals surface area contributed by atoms with Crippen molar-refractivity contribution in [3.05, 3.63) is 0 Å². The first-order valence-electron chi connectivity index (χ1n) is 5.74. The van der Waals surface area contributed by atoms with Gasteiger partial charge in [-0.1, -0.05) is 41.0 Å². The van der Waals surface area contributed by atoms with Crippen molar-refractivity contribution in [1.82, 2.24) is 5.32 Å². The zero-order chi connectivity index (χ0) is 10.3. The van der Waals surface area contributed by atoms with Crippen molar-refractivity contribution < 1.29 is 0 Å². The minimum Gasteiger partial charge on any atom is -0.316 e. The molecule has 80 valence electrons. The van der Waals surface area contributed by atoms with E-state index < -0.39 is 0 Å². The van der Waals surface area contributed by atoms with Gasteiger partial charge >= 0.3 is 0 Å². The molecule has 0 aliphatic heterocycles. The Bertz CT molecular complexity index is 120. The van der Waals surface area contributed by atoms with E-state index >= 15 is 0 Å². The fourth-order valence-corrected chi connectivity index (χ4v) is 2.28. The number of hydrogen-bond acceptors (Lipinski definition) is 1. The van der Waals surface area contributed by atoms with E-state index in [9.17, 15) is 0 Å². The van der Waals surface area contributed by atoms with Crippen LogP contribution in [0.15, 0.2) is 0 Å². The van der Waals surface area contributed by atoms with Crippen LogP contribution < -0.4 is 5.32 Å². The highest BCUT2D eigenvalue weighted by atomic mass is 14.9. The Morgan fingerprint density at radius 1 is 1.23 bits per heavy atom. The maximum Gasteiger partial charge on any atom is 0.000514 e. The van der Waals surface area contributed by atoms with Crippen molar-refractivity contribution in [3.8, 4) is 0 Å². The fraction of sp³-hybridized carbons (Fsp3) is 1.00. The van der Waals surface area contributed by atoms with Crippen LogP contribution >= 0.6 is 0 Å². The molecule has 0 spiro atoms. The van der Waals surface area contributed by atoms with Crippen LogP contribution in [0.2, 0.25) is 0 Å². The second-order valence-corrected chi connectivity index (χ2v) is 4.94. The molecule has 0 aliphatic carbocycles. The Kier molecular flexibility index (Phi) is 6.40. The highest BCUT2D eigenvalue weighted by Crippen LogP contribution is 2.30. The smallest absolute Gasteiger partial charge is 0.000514 e. The Hall–Kier alpha value is -0.0400. The van der Waals surface area contributed by atoms with Crippen LogP contribution in [0.4, 0.5) is 0 Å². The van der Waals surface area contributed by atoms with E-state index in [2.05, 4.69) is 39.9 Å². The second kappa shape index (κ2) is 6.42. The lowest BCUT2D eigenvalue weighted by Gasteiger charge is -2.31. The van der Waals surface area contributed by atoms with E-state index in [1.54, 1.807) is 0 Å². The molecule has 0 aliphatic rings. The first-order chi connectivity index (χ1) is 6.04. The quantitative estimate of drug-likeness (QED) is 0.640. The number of hydrogen-bond donors (Lipinski definition) is 1. The summed E-state index contributed by atoms with van der Waals surface area (Å²) in [5, 5.41) is 3.48. The van der Waals surface area contributed by atoms with Crippen LogP contribution in [-0.4, -0.2) is 13.1 Å². The molecule has 0 aromatic heterocycles. The summed E-state index contributed by atoms with van der Waals surface area (Å²) in [6.07, 6.45) is 3.99. The third kappa shape index (κ3) is 6.09. The second-order valence-electron chi connectivity index (χ2n) is 4.94. The summed E-state index contributed by atoms with van der Waals surface area (Å²) in [4.78, 5) is 0. The Morgan fingerprint density at radius 3 is 2.23 bits per heavy atom. The van der Waals surface area contributed by atoms with Gasteiger partial charge in [-0.2, -0.15) is 0 Å². The van der Waals surface area contributed by atoms with Gasteiger partial charge in [0, 0.05) is 6.54 Å². The molecule has 1 nitrogen and oxygen atoms in total. The van der Waals surface area contributed by atoms with Crippen LogP contribution in [0.5, 0.6) is 0 Å². The monoisotopic (exact) mass is 185 g/mol. The maximum atomic E-state index is 3.48. The molecule has 1 heteroatoms. The lowest BCUT2D eigenvalue weighted by molar-refractivity contribution is 0.225. The van der Waals surface area contributed by atoms with Gasteiger partial charge < -0.3 is 5.32 Å². The van der Waals surface area contributed by atoms with Gasteiger partial charge in [-0.3, -0.25) is 0 Å². The van der Waals surface area contributed by atoms with Gasteiger partial charge in [-0.15, -0.1) is 0 Å². The standard InChI is InChI=1S/C12H27N/c1-6-8-12(5,9-11(3)4)10-13-7-2/h11,13H,6-10H2,1-5H3. The SMILES string of the molecule is CCCC(C)(CNCC)CC(C)C. The van der Waals surface area contributed by atoms with E-state index in [1.807, 2.05) is 0 Å². The molecule has 0 radical (unpaired) electrons. The summed E-state index contributed by atoms with van der Waals surface area (Å²) in [6.45, 7) is 13.8. The van der Waals surface area contributed by atoms with Crippen LogP contribution in [0, 0.1) is 11.3 Å². The van der Waals surface area contributed by atoms with E-state index in [4.69, 9.17) is 0 Å². The number of rotatable bonds is 7. The molecule has 0 fully saturated rings. The summed E-state index contributed by atoms with van der Waals surface area (Å²) < 4.78 is 0. The van der Waals surface area contributed by atoms with Crippen molar-refractivity contribution in [3.63, 3.8) is 0 Å². The van der Waals surface area contributed by atoms with E-state index in [0.717, 1.165) is 12.5 Å². The molecule has 0 saturated heterocycles. The predicted molar refractivity (Wildman–Crippen MR) is 61.0 cm³/mol. The van der Waals surface area contributed by atoms with Gasteiger partial charge in [0.05, 0.1) is 0 Å². The largest absolute Gasteiger partial charge is 0.316 e. The van der Waals surface area contributed by atoms with Crippen LogP contribution in [0.3, 0.4) is 0 Å². The first-order valence-corrected chi connectivity index (χ1v) is 5.74. The molecule has 0 aromatic rings. The molecule has 0 saturated carbocycles. The lowest BCUT2D eigenvalue weighted by atomic mass is 9.78. The average Bonchev–Trinajstić information content (AvgIpc) is 2.00. The molecule has 0 aromatic carbocycles. The molecule has 0 heterocycles. The summed E-state index contributed by atoms with van der Waals surface area (Å²) in [5.74, 6) is 0.815. The van der Waals surface area contributed by atoms with E-state index in [0.29, 0.717) is 5.41 Å². The van der Waals surface area contributed by atoms with E-state index in [1.165, 1.54) is 25.8 Å². The van der Waals surface area contributed by atoms with Gasteiger partial charge in [0.15, 0.2) is 0 Å². The highest BCUT2D eigenvalue weighted by molar-refractivity contribution is 4.77. The highest BCUT2D eigenvalue weighted by Gasteiger charge is 2.23. The summed E-state index contributed by atoms with van der Waals surface area (Å²) in [6, 6.07) is 0. The minimum atomic E-state index is 0.513. The van der Waals surface area contributed by atoms with Crippen molar-refractivity contribution in [2.75, 3.05) is 13.1 Å². The molecule has 0 rings (SSSR count). The third-order valence-corrected chi connectivity index (χ3v) is 2.56. The zero-order valence-electron chi connectivity index (χ0n) is 10.1. The third-order valence-electron chi connectivity index (χ3n) is 2.56. The molecular formula is C12H27N. The number of nitrogens with one attached hydrogen (secondary N) is 1. The first kappa shape index (κ1) is 13.0. The molecule has 1 unspecified atom stereocenters. The predicted octanol–water partition coefficient (Wildman–Crippen LogP) is 3.45. The van der Waals surface area contributed by atoms with Crippen molar-refractivity contribution in [1.29, 1.82) is 0 Å². The van der Waals surface area contributed by atoms with Gasteiger partial charge in [0.1, 0.15) is 0 Å². The van der Waals surface area contributed by atoms with Crippen molar-refractivity contribution in [2.24, 2.45) is 11.3 Å². The van der Waals surface area contributed by atoms with Crippen LogP contribution in [0.1, 0.15) is 53.9 Å². The Morgan fingerprint density at radius 2 is 1.85 bits per heavy atom. The van der Waals surface area contributed by atoms with E-state index in [-0.39, 0.29) is 0 Å². The Labute approximate surface area is 84.3 Å². The normalized spacial score (nSPS) is 16.2. The minimum absolute atomic E-state index is 0.513. The Balaban J connectivity index is 3.99. The lowest BCUT2D eigenvalue weighted by Crippen LogP contribution is -2.32. The fourth-order valence-electron chi connectivity index (χ4n) is 2.28. The zero-order valence-corrected chi connectivity index (χ0v) is 10.1. The van der Waals surface area contributed by atoms with Gasteiger partial charge in [0.2, 0.25) is 0 Å². The van der Waals surface area contributed by atoms with Crippen molar-refractivity contribution in [2.45, 2.75) is 53.9 Å². The topological polar surface area (TPSA) is 12.0 Å². The van der Waals surface area contributed by atoms with Gasteiger partial charge in [-0.25, -0.2) is 0 Å². The molecule has 1 atom stereocenters. The molecule has 0 bridgehead atoms. The van der Waals surface area contributed by atoms with Crippen LogP contribution in [0.25, 0.3) is 0 Å². The summed E-state index contributed by atoms with van der Waals surface area (Å²) in [7, 11) is 0. The molecule has 1 N–H and O–H groups in total. The molecule has 0 amide bonds. The summed E-state index contributed by atoms with van der Waals surface area (Å²) >= 11 is 0. The maximum absolute atomic E-state index is 3.48. The van der Waals surface area contributed by atoms with Gasteiger partial charge in [-0.05, 0) is 30.7 Å². The van der Waals surface area contributed by atoms with Crippen LogP contribution in [-0.2, 0) is 0 Å². The van der Waals surface area contributed by atoms with Crippen molar-refractivity contribution >= 4 is 0 Å². The average molecular weight is 185 g/mol. The molecular weight excluding hydrogens is 158 g/mol. The van der Waals surface area contributed by atoms with Gasteiger partial charge in [0.25, 0.3) is 0 Å². The molecule has 13 heavy (non-hydrogen) atoms.